The Morgan fingerprint density at radius 1 is 1.53 bits per heavy atom. The molecule has 1 rings (SSSR count). The van der Waals surface area contributed by atoms with Gasteiger partial charge in [-0.15, -0.1) is 0 Å². The van der Waals surface area contributed by atoms with Crippen LogP contribution in [0.15, 0.2) is 17.1 Å². The van der Waals surface area contributed by atoms with Gasteiger partial charge in [-0.3, -0.25) is 4.79 Å². The molecule has 0 unspecified atom stereocenters. The maximum absolute atomic E-state index is 12.4. The number of nitrogens with one attached hydrogen (secondary N) is 1. The zero-order valence-electron chi connectivity index (χ0n) is 7.21. The monoisotopic (exact) mass is 226 g/mol. The van der Waals surface area contributed by atoms with Crippen LogP contribution in [0.4, 0.5) is 17.6 Å². The predicted molar refractivity (Wildman–Crippen MR) is 41.3 cm³/mol. The first kappa shape index (κ1) is 11.5. The molecule has 8 heteroatoms. The highest BCUT2D eigenvalue weighted by molar-refractivity contribution is 5.13. The fraction of sp³-hybridized carbons (Fsp3) is 0.429. The van der Waals surface area contributed by atoms with Crippen molar-refractivity contribution in [3.05, 3.63) is 22.6 Å². The van der Waals surface area contributed by atoms with Gasteiger partial charge in [0, 0.05) is 6.07 Å². The van der Waals surface area contributed by atoms with Crippen LogP contribution in [0.3, 0.4) is 0 Å². The summed E-state index contributed by atoms with van der Waals surface area (Å²) in [5.74, 6) is -4.54. The highest BCUT2D eigenvalue weighted by Crippen LogP contribution is 2.23. The van der Waals surface area contributed by atoms with Crippen LogP contribution < -0.4 is 10.3 Å². The SMILES string of the molecule is O=c1cc(OCC(F)(F)C(F)F)cn[nH]1. The van der Waals surface area contributed by atoms with Gasteiger partial charge in [0.05, 0.1) is 6.20 Å². The van der Waals surface area contributed by atoms with E-state index in [1.54, 1.807) is 0 Å². The number of aromatic nitrogens is 2. The van der Waals surface area contributed by atoms with Crippen molar-refractivity contribution in [1.29, 1.82) is 0 Å². The number of hydrogen-bond donors (Lipinski definition) is 1. The summed E-state index contributed by atoms with van der Waals surface area (Å²) in [5, 5.41) is 5.21. The number of ether oxygens (including phenoxy) is 1. The van der Waals surface area contributed by atoms with Gasteiger partial charge in [-0.25, -0.2) is 13.9 Å². The Labute approximate surface area is 80.9 Å². The van der Waals surface area contributed by atoms with E-state index in [1.807, 2.05) is 5.10 Å². The summed E-state index contributed by atoms with van der Waals surface area (Å²) in [4.78, 5) is 10.6. The van der Waals surface area contributed by atoms with E-state index < -0.39 is 24.5 Å². The summed E-state index contributed by atoms with van der Waals surface area (Å²) in [6.45, 7) is -1.50. The minimum atomic E-state index is -4.25. The minimum absolute atomic E-state index is 0.293. The fourth-order valence-electron chi connectivity index (χ4n) is 0.680. The predicted octanol–water partition coefficient (Wildman–Crippen LogP) is 1.05. The first-order valence-electron chi connectivity index (χ1n) is 3.75. The molecule has 4 nitrogen and oxygen atoms in total. The van der Waals surface area contributed by atoms with Crippen LogP contribution in [0.1, 0.15) is 0 Å². The molecular weight excluding hydrogens is 220 g/mol. The normalized spacial score (nSPS) is 11.8. The minimum Gasteiger partial charge on any atom is -0.485 e. The number of hydrogen-bond acceptors (Lipinski definition) is 3. The molecule has 0 bridgehead atoms. The molecule has 1 N–H and O–H groups in total. The summed E-state index contributed by atoms with van der Waals surface area (Å²) >= 11 is 0. The van der Waals surface area contributed by atoms with Gasteiger partial charge in [-0.2, -0.15) is 13.9 Å². The number of halogens is 4. The van der Waals surface area contributed by atoms with E-state index in [4.69, 9.17) is 0 Å². The summed E-state index contributed by atoms with van der Waals surface area (Å²) in [6.07, 6.45) is -2.88. The van der Waals surface area contributed by atoms with Crippen molar-refractivity contribution >= 4 is 0 Å². The molecule has 0 aliphatic heterocycles. The molecule has 1 aromatic heterocycles. The smallest absolute Gasteiger partial charge is 0.340 e. The molecule has 15 heavy (non-hydrogen) atoms. The largest absolute Gasteiger partial charge is 0.485 e. The van der Waals surface area contributed by atoms with Crippen LogP contribution in [0, 0.1) is 0 Å². The van der Waals surface area contributed by atoms with E-state index in [-0.39, 0.29) is 5.75 Å². The van der Waals surface area contributed by atoms with Crippen molar-refractivity contribution in [3.63, 3.8) is 0 Å². The second-order valence-electron chi connectivity index (χ2n) is 2.63. The quantitative estimate of drug-likeness (QED) is 0.780. The van der Waals surface area contributed by atoms with Gasteiger partial charge in [0.2, 0.25) is 0 Å². The van der Waals surface area contributed by atoms with Crippen molar-refractivity contribution in [2.24, 2.45) is 0 Å². The number of alkyl halides is 4. The summed E-state index contributed by atoms with van der Waals surface area (Å²) in [6, 6.07) is 0.828. The lowest BCUT2D eigenvalue weighted by atomic mass is 10.4. The van der Waals surface area contributed by atoms with E-state index >= 15 is 0 Å². The van der Waals surface area contributed by atoms with Gasteiger partial charge in [0.1, 0.15) is 5.75 Å². The second kappa shape index (κ2) is 4.28. The topological polar surface area (TPSA) is 55.0 Å². The van der Waals surface area contributed by atoms with Crippen LogP contribution >= 0.6 is 0 Å². The van der Waals surface area contributed by atoms with Crippen molar-refractivity contribution in [3.8, 4) is 5.75 Å². The van der Waals surface area contributed by atoms with Crippen molar-refractivity contribution in [2.75, 3.05) is 6.61 Å². The average molecular weight is 226 g/mol. The third kappa shape index (κ3) is 3.22. The molecule has 84 valence electrons. The fourth-order valence-corrected chi connectivity index (χ4v) is 0.680. The zero-order valence-corrected chi connectivity index (χ0v) is 7.21. The van der Waals surface area contributed by atoms with Crippen molar-refractivity contribution in [2.45, 2.75) is 12.3 Å². The van der Waals surface area contributed by atoms with Gasteiger partial charge in [-0.05, 0) is 0 Å². The average Bonchev–Trinajstić information content (AvgIpc) is 2.15. The van der Waals surface area contributed by atoms with Crippen LogP contribution in [-0.2, 0) is 0 Å². The maximum atomic E-state index is 12.4. The number of aromatic amines is 1. The molecule has 0 atom stereocenters. The lowest BCUT2D eigenvalue weighted by Gasteiger charge is -2.15. The molecular formula is C7H6F4N2O2. The van der Waals surface area contributed by atoms with E-state index in [0.29, 0.717) is 0 Å². The highest BCUT2D eigenvalue weighted by atomic mass is 19.3. The molecule has 0 spiro atoms. The number of nitrogens with zero attached hydrogens (tertiary/aromatic N) is 1. The van der Waals surface area contributed by atoms with Gasteiger partial charge < -0.3 is 4.74 Å². The lowest BCUT2D eigenvalue weighted by Crippen LogP contribution is -2.33. The summed E-state index contributed by atoms with van der Waals surface area (Å²) in [5.41, 5.74) is -0.673. The third-order valence-electron chi connectivity index (χ3n) is 1.39. The Kier molecular flexibility index (Phi) is 3.28. The Balaban J connectivity index is 2.61. The number of rotatable bonds is 4. The van der Waals surface area contributed by atoms with Crippen molar-refractivity contribution < 1.29 is 22.3 Å². The Bertz CT molecular complexity index is 379. The van der Waals surface area contributed by atoms with Crippen LogP contribution in [0.5, 0.6) is 5.75 Å². The van der Waals surface area contributed by atoms with E-state index in [0.717, 1.165) is 12.3 Å². The second-order valence-corrected chi connectivity index (χ2v) is 2.63. The summed E-state index contributed by atoms with van der Waals surface area (Å²) < 4.78 is 52.4. The lowest BCUT2D eigenvalue weighted by molar-refractivity contribution is -0.148. The van der Waals surface area contributed by atoms with Crippen LogP contribution in [-0.4, -0.2) is 29.2 Å². The van der Waals surface area contributed by atoms with Gasteiger partial charge in [0.25, 0.3) is 5.56 Å². The number of H-pyrrole nitrogens is 1. The Morgan fingerprint density at radius 2 is 2.20 bits per heavy atom. The molecule has 0 aliphatic rings. The van der Waals surface area contributed by atoms with Crippen LogP contribution in [0.2, 0.25) is 0 Å². The molecule has 0 amide bonds. The first-order chi connectivity index (χ1) is 6.92. The van der Waals surface area contributed by atoms with E-state index in [1.165, 1.54) is 0 Å². The van der Waals surface area contributed by atoms with E-state index in [2.05, 4.69) is 9.84 Å². The van der Waals surface area contributed by atoms with Gasteiger partial charge >= 0.3 is 12.3 Å². The molecule has 1 heterocycles. The maximum Gasteiger partial charge on any atom is 0.340 e. The zero-order chi connectivity index (χ0) is 11.5. The highest BCUT2D eigenvalue weighted by Gasteiger charge is 2.41. The van der Waals surface area contributed by atoms with E-state index in [9.17, 15) is 22.4 Å². The molecule has 0 radical (unpaired) electrons. The molecule has 0 saturated heterocycles. The van der Waals surface area contributed by atoms with Crippen molar-refractivity contribution in [1.82, 2.24) is 10.2 Å². The van der Waals surface area contributed by atoms with Crippen LogP contribution in [0.25, 0.3) is 0 Å². The molecule has 1 aromatic rings. The Hall–Kier alpha value is -1.60. The molecule has 0 saturated carbocycles. The first-order valence-corrected chi connectivity index (χ1v) is 3.75. The Morgan fingerprint density at radius 3 is 2.73 bits per heavy atom. The summed E-state index contributed by atoms with van der Waals surface area (Å²) in [7, 11) is 0. The van der Waals surface area contributed by atoms with Gasteiger partial charge in [-0.1, -0.05) is 0 Å². The molecule has 0 aromatic carbocycles. The molecule has 0 fully saturated rings. The third-order valence-corrected chi connectivity index (χ3v) is 1.39. The van der Waals surface area contributed by atoms with Gasteiger partial charge in [0.15, 0.2) is 6.61 Å². The standard InChI is InChI=1S/C7H6F4N2O2/c8-6(9)7(10,11)3-15-4-1-5(14)13-12-2-4/h1-2,6H,3H2,(H,13,14). The molecule has 0 aliphatic carbocycles.